The molecule has 0 aliphatic carbocycles. The fourth-order valence-corrected chi connectivity index (χ4v) is 8.30. The highest BCUT2D eigenvalue weighted by Crippen LogP contribution is 2.43. The molecule has 0 bridgehead atoms. The Hall–Kier alpha value is -2.84. The monoisotopic (exact) mass is 996 g/mol. The summed E-state index contributed by atoms with van der Waals surface area (Å²) in [6, 6.07) is -0.878. The first-order valence-corrected chi connectivity index (χ1v) is 29.8. The van der Waals surface area contributed by atoms with Crippen LogP contribution in [0.5, 0.6) is 0 Å². The first-order chi connectivity index (χ1) is 34.0. The molecule has 0 fully saturated rings. The van der Waals surface area contributed by atoms with E-state index in [0.29, 0.717) is 17.4 Å². The van der Waals surface area contributed by atoms with E-state index >= 15 is 0 Å². The molecule has 0 aromatic rings. The second-order valence-corrected chi connectivity index (χ2v) is 21.4. The molecule has 3 atom stereocenters. The Morgan fingerprint density at radius 3 is 1.31 bits per heavy atom. The third-order valence-electron chi connectivity index (χ3n) is 12.0. The number of rotatable bonds is 50. The summed E-state index contributed by atoms with van der Waals surface area (Å²) in [6.45, 7) is 4.67. The second-order valence-electron chi connectivity index (χ2n) is 19.9. The Bertz CT molecular complexity index is 1500. The van der Waals surface area contributed by atoms with E-state index in [0.717, 1.165) is 96.3 Å². The standard InChI is InChI=1S/C61H107N2O6P/c1-6-8-10-12-14-16-18-20-22-24-26-27-28-29-30-31-32-33-34-35-37-39-41-43-45-47-49-51-53-55-61(65)62-59(58-69-70(66,67)68-57-56-63(3,4)5)60(64)54-52-50-48-46-44-42-40-38-36-25-23-21-19-17-15-13-11-9-7-2/h8,10,14,16,20,22,26-27,29-30,32-33,35,37,44,46,52,54,59-60,64H,6-7,9,11-13,15,17-19,21,23-25,28,31,34,36,38-43,45,47-51,53,55-58H2,1-5H3,(H-,62,65,66,67)/p+1/b10-8-,16-14-,22-20-,27-26-,30-29-,33-32-,37-35-,46-44+,54-52+. The lowest BCUT2D eigenvalue weighted by Crippen LogP contribution is -2.45. The Morgan fingerprint density at radius 2 is 0.871 bits per heavy atom. The summed E-state index contributed by atoms with van der Waals surface area (Å²) in [5.41, 5.74) is 0. The molecule has 0 saturated carbocycles. The van der Waals surface area contributed by atoms with Crippen LogP contribution in [0.2, 0.25) is 0 Å². The van der Waals surface area contributed by atoms with Crippen LogP contribution in [0.3, 0.4) is 0 Å². The van der Waals surface area contributed by atoms with Crippen molar-refractivity contribution < 1.29 is 32.9 Å². The van der Waals surface area contributed by atoms with E-state index < -0.39 is 20.0 Å². The third-order valence-corrected chi connectivity index (χ3v) is 13.0. The quantitative estimate of drug-likeness (QED) is 0.0243. The highest BCUT2D eigenvalue weighted by Gasteiger charge is 2.27. The summed E-state index contributed by atoms with van der Waals surface area (Å²) in [4.78, 5) is 23.3. The molecule has 70 heavy (non-hydrogen) atoms. The zero-order valence-electron chi connectivity index (χ0n) is 45.7. The van der Waals surface area contributed by atoms with Crippen molar-refractivity contribution in [2.45, 2.75) is 231 Å². The molecule has 0 saturated heterocycles. The van der Waals surface area contributed by atoms with Gasteiger partial charge in [0.25, 0.3) is 0 Å². The Kier molecular flexibility index (Phi) is 49.0. The fourth-order valence-electron chi connectivity index (χ4n) is 7.57. The van der Waals surface area contributed by atoms with Crippen LogP contribution in [0.1, 0.15) is 219 Å². The van der Waals surface area contributed by atoms with Crippen LogP contribution in [-0.4, -0.2) is 73.4 Å². The molecule has 3 N–H and O–H groups in total. The maximum atomic E-state index is 13.0. The van der Waals surface area contributed by atoms with E-state index in [1.807, 2.05) is 27.2 Å². The number of allylic oxidation sites excluding steroid dienone is 17. The molecule has 0 radical (unpaired) electrons. The molecule has 0 spiro atoms. The van der Waals surface area contributed by atoms with Crippen LogP contribution < -0.4 is 5.32 Å². The van der Waals surface area contributed by atoms with Crippen LogP contribution in [0, 0.1) is 0 Å². The number of unbranched alkanes of at least 4 members (excludes halogenated alkanes) is 21. The first-order valence-electron chi connectivity index (χ1n) is 28.3. The number of likely N-dealkylation sites (N-methyl/N-ethyl adjacent to an activating group) is 1. The van der Waals surface area contributed by atoms with Crippen molar-refractivity contribution in [1.82, 2.24) is 5.32 Å². The first kappa shape index (κ1) is 67.2. The Balaban J connectivity index is 4.32. The van der Waals surface area contributed by atoms with Crippen LogP contribution in [0.15, 0.2) is 109 Å². The molecule has 1 amide bonds. The van der Waals surface area contributed by atoms with Gasteiger partial charge in [-0.25, -0.2) is 4.57 Å². The Labute approximate surface area is 431 Å². The molecule has 0 aromatic heterocycles. The summed E-state index contributed by atoms with van der Waals surface area (Å²) < 4.78 is 23.7. The molecule has 0 aliphatic heterocycles. The van der Waals surface area contributed by atoms with Crippen LogP contribution >= 0.6 is 7.82 Å². The van der Waals surface area contributed by atoms with Crippen molar-refractivity contribution in [2.24, 2.45) is 0 Å². The molecule has 9 heteroatoms. The van der Waals surface area contributed by atoms with Gasteiger partial charge in [-0.1, -0.05) is 232 Å². The fraction of sp³-hybridized carbons (Fsp3) is 0.689. The maximum Gasteiger partial charge on any atom is 0.472 e. The van der Waals surface area contributed by atoms with E-state index in [4.69, 9.17) is 9.05 Å². The third kappa shape index (κ3) is 53.0. The molecule has 402 valence electrons. The molecule has 0 aliphatic rings. The Morgan fingerprint density at radius 1 is 0.500 bits per heavy atom. The topological polar surface area (TPSA) is 105 Å². The summed E-state index contributed by atoms with van der Waals surface area (Å²) in [5.74, 6) is -0.202. The maximum absolute atomic E-state index is 13.0. The minimum absolute atomic E-state index is 0.0480. The molecule has 0 aromatic carbocycles. The zero-order valence-corrected chi connectivity index (χ0v) is 46.6. The lowest BCUT2D eigenvalue weighted by Gasteiger charge is -2.25. The van der Waals surface area contributed by atoms with Gasteiger partial charge in [-0.05, 0) is 89.9 Å². The number of carbonyl (C=O) groups is 1. The smallest absolute Gasteiger partial charge is 0.387 e. The predicted molar refractivity (Wildman–Crippen MR) is 304 cm³/mol. The second kappa shape index (κ2) is 51.1. The number of aliphatic hydroxyl groups excluding tert-OH is 1. The van der Waals surface area contributed by atoms with Gasteiger partial charge in [0.1, 0.15) is 13.2 Å². The number of carbonyl (C=O) groups excluding carboxylic acids is 1. The van der Waals surface area contributed by atoms with E-state index in [2.05, 4.69) is 116 Å². The summed E-state index contributed by atoms with van der Waals surface area (Å²) in [6.07, 6.45) is 74.7. The number of hydrogen-bond donors (Lipinski definition) is 3. The zero-order chi connectivity index (χ0) is 51.3. The molecule has 3 unspecified atom stereocenters. The van der Waals surface area contributed by atoms with Crippen LogP contribution in [-0.2, 0) is 18.4 Å². The van der Waals surface area contributed by atoms with Crippen LogP contribution in [0.4, 0.5) is 0 Å². The van der Waals surface area contributed by atoms with Gasteiger partial charge in [-0.15, -0.1) is 0 Å². The van der Waals surface area contributed by atoms with Gasteiger partial charge in [0.05, 0.1) is 39.9 Å². The number of amides is 1. The minimum atomic E-state index is -4.37. The number of nitrogens with zero attached hydrogens (tertiary/aromatic N) is 1. The summed E-state index contributed by atoms with van der Waals surface area (Å²) in [5, 5.41) is 13.9. The molecule has 8 nitrogen and oxygen atoms in total. The number of aliphatic hydroxyl groups is 1. The molecule has 0 heterocycles. The van der Waals surface area contributed by atoms with Gasteiger partial charge in [-0.2, -0.15) is 0 Å². The number of quaternary nitrogens is 1. The largest absolute Gasteiger partial charge is 0.472 e. The summed E-state index contributed by atoms with van der Waals surface area (Å²) in [7, 11) is 1.53. The minimum Gasteiger partial charge on any atom is -0.387 e. The highest BCUT2D eigenvalue weighted by molar-refractivity contribution is 7.47. The van der Waals surface area contributed by atoms with Gasteiger partial charge in [0.2, 0.25) is 5.91 Å². The van der Waals surface area contributed by atoms with E-state index in [-0.39, 0.29) is 19.1 Å². The van der Waals surface area contributed by atoms with E-state index in [1.54, 1.807) is 6.08 Å². The number of phosphoric acid groups is 1. The SMILES string of the molecule is CC/C=C\C/C=C\C/C=C\C/C=C\C/C=C\C/C=C\C/C=C\CCCCCCCCCC(=O)NC(COP(=O)(O)OCC[N+](C)(C)C)C(O)/C=C/CC/C=C/CCCCCCCCCCCCCCC. The van der Waals surface area contributed by atoms with Crippen molar-refractivity contribution in [2.75, 3.05) is 40.9 Å². The average molecular weight is 997 g/mol. The number of hydrogen-bond acceptors (Lipinski definition) is 5. The van der Waals surface area contributed by atoms with Gasteiger partial charge >= 0.3 is 7.82 Å². The van der Waals surface area contributed by atoms with Gasteiger partial charge < -0.3 is 19.8 Å². The predicted octanol–water partition coefficient (Wildman–Crippen LogP) is 17.2. The number of phosphoric ester groups is 1. The summed E-state index contributed by atoms with van der Waals surface area (Å²) >= 11 is 0. The normalized spacial score (nSPS) is 14.8. The molecular weight excluding hydrogens is 888 g/mol. The molecular formula is C61H108N2O6P+. The van der Waals surface area contributed by atoms with Gasteiger partial charge in [0.15, 0.2) is 0 Å². The molecule has 0 rings (SSSR count). The van der Waals surface area contributed by atoms with Crippen LogP contribution in [0.25, 0.3) is 0 Å². The van der Waals surface area contributed by atoms with Gasteiger partial charge in [-0.3, -0.25) is 13.8 Å². The average Bonchev–Trinajstić information content (AvgIpc) is 3.32. The van der Waals surface area contributed by atoms with Crippen molar-refractivity contribution in [3.8, 4) is 0 Å². The number of nitrogens with one attached hydrogen (secondary N) is 1. The van der Waals surface area contributed by atoms with Crippen molar-refractivity contribution in [3.05, 3.63) is 109 Å². The van der Waals surface area contributed by atoms with Crippen molar-refractivity contribution >= 4 is 13.7 Å². The lowest BCUT2D eigenvalue weighted by atomic mass is 10.0. The highest BCUT2D eigenvalue weighted by atomic mass is 31.2. The van der Waals surface area contributed by atoms with Crippen molar-refractivity contribution in [1.29, 1.82) is 0 Å². The van der Waals surface area contributed by atoms with Crippen molar-refractivity contribution in [3.63, 3.8) is 0 Å². The lowest BCUT2D eigenvalue weighted by molar-refractivity contribution is -0.870. The van der Waals surface area contributed by atoms with E-state index in [1.165, 1.54) is 103 Å². The van der Waals surface area contributed by atoms with E-state index in [9.17, 15) is 19.4 Å². The van der Waals surface area contributed by atoms with Gasteiger partial charge in [0, 0.05) is 6.42 Å².